The van der Waals surface area contributed by atoms with E-state index in [2.05, 4.69) is 10.3 Å². The molecule has 198 valence electrons. The Labute approximate surface area is 221 Å². The van der Waals surface area contributed by atoms with Crippen LogP contribution in [-0.2, 0) is 13.6 Å². The summed E-state index contributed by atoms with van der Waals surface area (Å²) >= 11 is 0. The number of nitrogens with one attached hydrogen (secondary N) is 2. The van der Waals surface area contributed by atoms with Crippen molar-refractivity contribution in [1.29, 1.82) is 0 Å². The summed E-state index contributed by atoms with van der Waals surface area (Å²) in [4.78, 5) is 21.4. The average molecular weight is 535 g/mol. The van der Waals surface area contributed by atoms with Gasteiger partial charge in [-0.2, -0.15) is 0 Å². The fourth-order valence-corrected chi connectivity index (χ4v) is 5.72. The highest BCUT2D eigenvalue weighted by molar-refractivity contribution is 7.62. The Hall–Kier alpha value is -3.91. The van der Waals surface area contributed by atoms with Gasteiger partial charge >= 0.3 is 13.6 Å². The fourth-order valence-electron chi connectivity index (χ4n) is 4.13. The molecule has 4 rings (SSSR count). The third-order valence-electron chi connectivity index (χ3n) is 5.96. The molecule has 0 unspecified atom stereocenters. The Kier molecular flexibility index (Phi) is 8.32. The van der Waals surface area contributed by atoms with Crippen LogP contribution in [0.15, 0.2) is 77.8 Å². The van der Waals surface area contributed by atoms with Crippen LogP contribution in [0.4, 0.5) is 16.2 Å². The standard InChI is InChI=1S/C28H31N4O5P/c1-5-36-38(35,37-6-2)22-16-17-24-23(18-22)25(27(33)31-24)26(19-10-8-7-9-11-19)30-20-12-14-21(15-13-20)32(4)28(34)29-3/h7-18,31,33H,5-6H2,1-4H3,(H,29,34). The number of hydrogen-bond acceptors (Lipinski definition) is 6. The number of aliphatic imine (C=N–C) groups is 1. The Morgan fingerprint density at radius 2 is 1.68 bits per heavy atom. The zero-order chi connectivity index (χ0) is 27.3. The molecule has 3 N–H and O–H groups in total. The number of benzene rings is 3. The number of nitrogens with zero attached hydrogens (tertiary/aromatic N) is 2. The molecule has 0 saturated carbocycles. The summed E-state index contributed by atoms with van der Waals surface area (Å²) in [5, 5.41) is 14.6. The maximum atomic E-state index is 13.5. The second kappa shape index (κ2) is 11.6. The molecule has 1 heterocycles. The third-order valence-corrected chi connectivity index (χ3v) is 8.06. The molecule has 0 spiro atoms. The minimum atomic E-state index is -3.55. The number of aromatic hydroxyl groups is 1. The first-order chi connectivity index (χ1) is 18.3. The smallest absolute Gasteiger partial charge is 0.361 e. The van der Waals surface area contributed by atoms with Gasteiger partial charge in [-0.15, -0.1) is 0 Å². The van der Waals surface area contributed by atoms with Gasteiger partial charge in [0.15, 0.2) is 5.88 Å². The molecule has 9 nitrogen and oxygen atoms in total. The number of aromatic amines is 1. The van der Waals surface area contributed by atoms with E-state index in [0.717, 1.165) is 5.56 Å². The lowest BCUT2D eigenvalue weighted by Crippen LogP contribution is -2.34. The van der Waals surface area contributed by atoms with Crippen LogP contribution in [0.1, 0.15) is 25.0 Å². The maximum Gasteiger partial charge on any atom is 0.361 e. The van der Waals surface area contributed by atoms with Gasteiger partial charge in [0, 0.05) is 36.2 Å². The van der Waals surface area contributed by atoms with Crippen LogP contribution < -0.4 is 15.5 Å². The quantitative estimate of drug-likeness (QED) is 0.188. The van der Waals surface area contributed by atoms with Crippen molar-refractivity contribution in [1.82, 2.24) is 10.3 Å². The molecule has 3 aromatic carbocycles. The molecule has 0 atom stereocenters. The fraction of sp³-hybridized carbons (Fsp3) is 0.214. The van der Waals surface area contributed by atoms with E-state index < -0.39 is 7.60 Å². The van der Waals surface area contributed by atoms with Crippen LogP contribution in [0.2, 0.25) is 0 Å². The number of fused-ring (bicyclic) bond motifs is 1. The molecule has 4 aromatic rings. The summed E-state index contributed by atoms with van der Waals surface area (Å²) in [7, 11) is -0.302. The number of aromatic nitrogens is 1. The van der Waals surface area contributed by atoms with Gasteiger partial charge in [-0.1, -0.05) is 30.3 Å². The predicted molar refractivity (Wildman–Crippen MR) is 151 cm³/mol. The lowest BCUT2D eigenvalue weighted by Gasteiger charge is -2.17. The number of hydrogen-bond donors (Lipinski definition) is 3. The minimum Gasteiger partial charge on any atom is -0.494 e. The van der Waals surface area contributed by atoms with Crippen molar-refractivity contribution >= 4 is 46.9 Å². The van der Waals surface area contributed by atoms with Gasteiger partial charge < -0.3 is 24.5 Å². The van der Waals surface area contributed by atoms with Crippen LogP contribution in [0.5, 0.6) is 5.88 Å². The second-order valence-corrected chi connectivity index (χ2v) is 10.4. The summed E-state index contributed by atoms with van der Waals surface area (Å²) in [6.45, 7) is 3.97. The topological polar surface area (TPSA) is 116 Å². The maximum absolute atomic E-state index is 13.5. The second-order valence-electron chi connectivity index (χ2n) is 8.37. The van der Waals surface area contributed by atoms with Gasteiger partial charge in [0.05, 0.1) is 35.5 Å². The van der Waals surface area contributed by atoms with Gasteiger partial charge in [-0.25, -0.2) is 9.79 Å². The monoisotopic (exact) mass is 534 g/mol. The highest BCUT2D eigenvalue weighted by atomic mass is 31.2. The van der Waals surface area contributed by atoms with Crippen LogP contribution in [0.25, 0.3) is 10.9 Å². The minimum absolute atomic E-state index is 0.0709. The highest BCUT2D eigenvalue weighted by Crippen LogP contribution is 2.47. The van der Waals surface area contributed by atoms with Crippen LogP contribution in [0, 0.1) is 0 Å². The molecule has 0 aliphatic carbocycles. The van der Waals surface area contributed by atoms with E-state index in [-0.39, 0.29) is 25.1 Å². The number of urea groups is 1. The van der Waals surface area contributed by atoms with Crippen molar-refractivity contribution in [2.24, 2.45) is 4.99 Å². The molecule has 0 aliphatic rings. The zero-order valence-electron chi connectivity index (χ0n) is 21.8. The molecule has 0 bridgehead atoms. The lowest BCUT2D eigenvalue weighted by molar-refractivity contribution is 0.230. The van der Waals surface area contributed by atoms with Gasteiger partial charge in [0.1, 0.15) is 0 Å². The zero-order valence-corrected chi connectivity index (χ0v) is 22.7. The molecule has 0 fully saturated rings. The first-order valence-corrected chi connectivity index (χ1v) is 13.8. The summed E-state index contributed by atoms with van der Waals surface area (Å²) in [6, 6.07) is 21.6. The van der Waals surface area contributed by atoms with Crippen molar-refractivity contribution in [3.05, 3.63) is 83.9 Å². The molecule has 0 saturated heterocycles. The molecule has 10 heteroatoms. The number of carbonyl (C=O) groups is 1. The summed E-state index contributed by atoms with van der Waals surface area (Å²) in [5.74, 6) is -0.0709. The van der Waals surface area contributed by atoms with E-state index in [1.54, 1.807) is 70.4 Å². The van der Waals surface area contributed by atoms with E-state index in [0.29, 0.717) is 38.9 Å². The van der Waals surface area contributed by atoms with E-state index in [4.69, 9.17) is 14.0 Å². The number of amides is 2. The molecular formula is C28H31N4O5P. The largest absolute Gasteiger partial charge is 0.494 e. The van der Waals surface area contributed by atoms with Crippen molar-refractivity contribution in [3.63, 3.8) is 0 Å². The van der Waals surface area contributed by atoms with Gasteiger partial charge in [0.25, 0.3) is 0 Å². The molecular weight excluding hydrogens is 503 g/mol. The van der Waals surface area contributed by atoms with Crippen molar-refractivity contribution in [2.75, 3.05) is 32.2 Å². The lowest BCUT2D eigenvalue weighted by atomic mass is 10.0. The summed E-state index contributed by atoms with van der Waals surface area (Å²) in [5.41, 5.74) is 3.72. The Balaban J connectivity index is 1.88. The van der Waals surface area contributed by atoms with E-state index in [1.807, 2.05) is 30.3 Å². The average Bonchev–Trinajstić information content (AvgIpc) is 3.26. The first kappa shape index (κ1) is 27.1. The highest BCUT2D eigenvalue weighted by Gasteiger charge is 2.28. The van der Waals surface area contributed by atoms with E-state index >= 15 is 0 Å². The Morgan fingerprint density at radius 3 is 2.29 bits per heavy atom. The molecule has 0 radical (unpaired) electrons. The van der Waals surface area contributed by atoms with Crippen LogP contribution in [-0.4, -0.2) is 49.1 Å². The number of H-pyrrole nitrogens is 1. The first-order valence-electron chi connectivity index (χ1n) is 12.3. The molecule has 2 amide bonds. The predicted octanol–water partition coefficient (Wildman–Crippen LogP) is 5.71. The number of carbonyl (C=O) groups excluding carboxylic acids is 1. The summed E-state index contributed by atoms with van der Waals surface area (Å²) < 4.78 is 24.6. The van der Waals surface area contributed by atoms with Crippen molar-refractivity contribution in [3.8, 4) is 5.88 Å². The van der Waals surface area contributed by atoms with Gasteiger partial charge in [-0.3, -0.25) is 9.46 Å². The SMILES string of the molecule is CCOP(=O)(OCC)c1ccc2[nH]c(O)c(C(=Nc3ccc(N(C)C(=O)NC)cc3)c3ccccc3)c2c1. The number of rotatable bonds is 9. The van der Waals surface area contributed by atoms with Gasteiger partial charge in [-0.05, 0) is 56.3 Å². The Bertz CT molecular complexity index is 1490. The van der Waals surface area contributed by atoms with Crippen LogP contribution in [0.3, 0.4) is 0 Å². The number of anilines is 1. The van der Waals surface area contributed by atoms with Crippen LogP contribution >= 0.6 is 7.60 Å². The van der Waals surface area contributed by atoms with E-state index in [1.165, 1.54) is 4.90 Å². The summed E-state index contributed by atoms with van der Waals surface area (Å²) in [6.07, 6.45) is 0. The molecule has 1 aromatic heterocycles. The molecule has 38 heavy (non-hydrogen) atoms. The third kappa shape index (κ3) is 5.50. The Morgan fingerprint density at radius 1 is 1.03 bits per heavy atom. The van der Waals surface area contributed by atoms with Gasteiger partial charge in [0.2, 0.25) is 0 Å². The molecule has 0 aliphatic heterocycles. The van der Waals surface area contributed by atoms with Crippen molar-refractivity contribution in [2.45, 2.75) is 13.8 Å². The normalized spacial score (nSPS) is 12.1. The van der Waals surface area contributed by atoms with E-state index in [9.17, 15) is 14.5 Å². The van der Waals surface area contributed by atoms with Crippen molar-refractivity contribution < 1.29 is 23.5 Å².